The van der Waals surface area contributed by atoms with Crippen molar-refractivity contribution in [3.8, 4) is 11.5 Å². The van der Waals surface area contributed by atoms with E-state index in [1.807, 2.05) is 18.2 Å². The zero-order chi connectivity index (χ0) is 20.7. The Labute approximate surface area is 174 Å². The van der Waals surface area contributed by atoms with Gasteiger partial charge in [-0.1, -0.05) is 29.3 Å². The smallest absolute Gasteiger partial charge is 0.294 e. The molecular weight excluding hydrogens is 403 g/mol. The summed E-state index contributed by atoms with van der Waals surface area (Å²) in [6, 6.07) is 10.5. The van der Waals surface area contributed by atoms with Crippen LogP contribution < -0.4 is 9.47 Å². The van der Waals surface area contributed by atoms with Gasteiger partial charge in [-0.2, -0.15) is 4.99 Å². The van der Waals surface area contributed by atoms with Crippen molar-refractivity contribution in [2.45, 2.75) is 6.42 Å². The number of amidine groups is 1. The summed E-state index contributed by atoms with van der Waals surface area (Å²) in [5, 5.41) is 0.671. The number of hydrogen-bond acceptors (Lipinski definition) is 4. The molecule has 0 saturated heterocycles. The third-order valence-corrected chi connectivity index (χ3v) is 4.80. The maximum absolute atomic E-state index is 12.4. The number of benzene rings is 2. The van der Waals surface area contributed by atoms with Gasteiger partial charge in [0.15, 0.2) is 11.5 Å². The van der Waals surface area contributed by atoms with Crippen molar-refractivity contribution in [1.29, 1.82) is 0 Å². The Hall–Kier alpha value is -2.44. The molecule has 28 heavy (non-hydrogen) atoms. The van der Waals surface area contributed by atoms with E-state index in [1.54, 1.807) is 38.3 Å². The minimum atomic E-state index is -0.464. The quantitative estimate of drug-likeness (QED) is 0.510. The van der Waals surface area contributed by atoms with Gasteiger partial charge >= 0.3 is 0 Å². The van der Waals surface area contributed by atoms with Crippen LogP contribution >= 0.6 is 23.2 Å². The van der Waals surface area contributed by atoms with E-state index in [2.05, 4.69) is 4.99 Å². The molecular formula is C20H22Cl2N2O4. The normalized spacial score (nSPS) is 11.1. The third kappa shape index (κ3) is 5.53. The first-order valence-electron chi connectivity index (χ1n) is 8.43. The van der Waals surface area contributed by atoms with Crippen LogP contribution in [0.1, 0.15) is 15.9 Å². The molecule has 150 valence electrons. The highest BCUT2D eigenvalue weighted by Crippen LogP contribution is 2.27. The Morgan fingerprint density at radius 3 is 2.32 bits per heavy atom. The van der Waals surface area contributed by atoms with Crippen LogP contribution in [0.4, 0.5) is 0 Å². The van der Waals surface area contributed by atoms with Crippen molar-refractivity contribution in [3.63, 3.8) is 0 Å². The molecule has 0 aliphatic carbocycles. The van der Waals surface area contributed by atoms with Crippen molar-refractivity contribution in [2.24, 2.45) is 4.99 Å². The summed E-state index contributed by atoms with van der Waals surface area (Å²) < 4.78 is 15.8. The van der Waals surface area contributed by atoms with Crippen LogP contribution in [0, 0.1) is 0 Å². The van der Waals surface area contributed by atoms with Crippen molar-refractivity contribution >= 4 is 35.1 Å². The zero-order valence-electron chi connectivity index (χ0n) is 16.2. The molecule has 0 aliphatic rings. The average Bonchev–Trinajstić information content (AvgIpc) is 2.71. The molecule has 0 radical (unpaired) electrons. The molecule has 0 aliphatic heterocycles. The largest absolute Gasteiger partial charge is 0.493 e. The van der Waals surface area contributed by atoms with Gasteiger partial charge in [0.1, 0.15) is 0 Å². The predicted octanol–water partition coefficient (Wildman–Crippen LogP) is 4.33. The second-order valence-electron chi connectivity index (χ2n) is 5.89. The van der Waals surface area contributed by atoms with Crippen LogP contribution in [-0.2, 0) is 11.2 Å². The lowest BCUT2D eigenvalue weighted by Gasteiger charge is -2.19. The van der Waals surface area contributed by atoms with Gasteiger partial charge in [-0.25, -0.2) is 0 Å². The summed E-state index contributed by atoms with van der Waals surface area (Å²) in [6.45, 7) is 0.580. The van der Waals surface area contributed by atoms with Gasteiger partial charge in [0.2, 0.25) is 0 Å². The molecule has 0 N–H and O–H groups in total. The maximum Gasteiger partial charge on any atom is 0.294 e. The molecule has 2 aromatic rings. The fraction of sp³-hybridized carbons (Fsp3) is 0.300. The van der Waals surface area contributed by atoms with E-state index in [0.29, 0.717) is 40.1 Å². The SMILES string of the molecule is COC(=NC(=O)c1ccc(Cl)c(Cl)c1)N(C)CCc1ccc(OC)c(OC)c1. The third-order valence-electron chi connectivity index (χ3n) is 4.06. The lowest BCUT2D eigenvalue weighted by Crippen LogP contribution is -2.31. The summed E-state index contributed by atoms with van der Waals surface area (Å²) in [4.78, 5) is 18.2. The Bertz CT molecular complexity index is 871. The van der Waals surface area contributed by atoms with Gasteiger partial charge in [0, 0.05) is 19.2 Å². The summed E-state index contributed by atoms with van der Waals surface area (Å²) in [5.41, 5.74) is 1.38. The summed E-state index contributed by atoms with van der Waals surface area (Å²) in [7, 11) is 6.45. The maximum atomic E-state index is 12.4. The van der Waals surface area contributed by atoms with Crippen molar-refractivity contribution in [2.75, 3.05) is 34.9 Å². The Morgan fingerprint density at radius 2 is 1.71 bits per heavy atom. The van der Waals surface area contributed by atoms with Gasteiger partial charge in [-0.05, 0) is 42.3 Å². The monoisotopic (exact) mass is 424 g/mol. The number of amides is 1. The fourth-order valence-corrected chi connectivity index (χ4v) is 2.79. The first kappa shape index (κ1) is 21.9. The highest BCUT2D eigenvalue weighted by molar-refractivity contribution is 6.42. The minimum Gasteiger partial charge on any atom is -0.493 e. The highest BCUT2D eigenvalue weighted by atomic mass is 35.5. The molecule has 8 heteroatoms. The first-order valence-corrected chi connectivity index (χ1v) is 9.19. The number of nitrogens with zero attached hydrogens (tertiary/aromatic N) is 2. The van der Waals surface area contributed by atoms with Crippen molar-refractivity contribution < 1.29 is 19.0 Å². The summed E-state index contributed by atoms with van der Waals surface area (Å²) in [5.74, 6) is 0.873. The molecule has 2 aromatic carbocycles. The Kier molecular flexibility index (Phi) is 7.96. The molecule has 1 amide bonds. The summed E-state index contributed by atoms with van der Waals surface area (Å²) >= 11 is 11.8. The fourth-order valence-electron chi connectivity index (χ4n) is 2.50. The molecule has 0 heterocycles. The molecule has 6 nitrogen and oxygen atoms in total. The molecule has 0 unspecified atom stereocenters. The van der Waals surface area contributed by atoms with Crippen LogP contribution in [0.25, 0.3) is 0 Å². The highest BCUT2D eigenvalue weighted by Gasteiger charge is 2.13. The van der Waals surface area contributed by atoms with E-state index in [1.165, 1.54) is 13.2 Å². The topological polar surface area (TPSA) is 60.4 Å². The van der Waals surface area contributed by atoms with Crippen molar-refractivity contribution in [1.82, 2.24) is 4.90 Å². The number of ether oxygens (including phenoxy) is 3. The van der Waals surface area contributed by atoms with Gasteiger partial charge in [0.25, 0.3) is 11.9 Å². The van der Waals surface area contributed by atoms with E-state index in [9.17, 15) is 4.79 Å². The molecule has 0 spiro atoms. The molecule has 2 rings (SSSR count). The number of hydrogen-bond donors (Lipinski definition) is 0. The zero-order valence-corrected chi connectivity index (χ0v) is 17.7. The number of methoxy groups -OCH3 is 3. The van der Waals surface area contributed by atoms with Crippen LogP contribution in [0.15, 0.2) is 41.4 Å². The predicted molar refractivity (Wildman–Crippen MR) is 111 cm³/mol. The van der Waals surface area contributed by atoms with E-state index < -0.39 is 5.91 Å². The van der Waals surface area contributed by atoms with Crippen LogP contribution in [0.5, 0.6) is 11.5 Å². The number of likely N-dealkylation sites (N-methyl/N-ethyl adjacent to an activating group) is 1. The molecule has 0 fully saturated rings. The first-order chi connectivity index (χ1) is 13.4. The second kappa shape index (κ2) is 10.2. The lowest BCUT2D eigenvalue weighted by molar-refractivity contribution is 0.0996. The van der Waals surface area contributed by atoms with Crippen LogP contribution in [0.2, 0.25) is 10.0 Å². The second-order valence-corrected chi connectivity index (χ2v) is 6.71. The molecule has 0 bridgehead atoms. The summed E-state index contributed by atoms with van der Waals surface area (Å²) in [6.07, 6.45) is 0.695. The minimum absolute atomic E-state index is 0.205. The lowest BCUT2D eigenvalue weighted by atomic mass is 10.1. The number of rotatable bonds is 6. The Morgan fingerprint density at radius 1 is 1.00 bits per heavy atom. The van der Waals surface area contributed by atoms with E-state index in [4.69, 9.17) is 37.4 Å². The number of aliphatic imine (C=N–C) groups is 1. The number of carbonyl (C=O) groups excluding carboxylic acids is 1. The standard InChI is InChI=1S/C20H22Cl2N2O4/c1-24(10-9-13-5-8-17(26-2)18(11-13)27-3)20(28-4)23-19(25)14-6-7-15(21)16(22)12-14/h5-8,11-12H,9-10H2,1-4H3. The molecule has 0 aromatic heterocycles. The van der Waals surface area contributed by atoms with E-state index in [-0.39, 0.29) is 6.02 Å². The Balaban J connectivity index is 2.08. The number of carbonyl (C=O) groups is 1. The average molecular weight is 425 g/mol. The molecule has 0 atom stereocenters. The van der Waals surface area contributed by atoms with Gasteiger partial charge in [-0.3, -0.25) is 4.79 Å². The van der Waals surface area contributed by atoms with Gasteiger partial charge < -0.3 is 19.1 Å². The van der Waals surface area contributed by atoms with E-state index in [0.717, 1.165) is 5.56 Å². The number of halogens is 2. The van der Waals surface area contributed by atoms with Gasteiger partial charge in [-0.15, -0.1) is 0 Å². The van der Waals surface area contributed by atoms with E-state index >= 15 is 0 Å². The van der Waals surface area contributed by atoms with Crippen molar-refractivity contribution in [3.05, 3.63) is 57.6 Å². The van der Waals surface area contributed by atoms with Gasteiger partial charge in [0.05, 0.1) is 31.4 Å². The van der Waals surface area contributed by atoms with Crippen LogP contribution in [-0.4, -0.2) is 51.8 Å². The molecule has 0 saturated carbocycles. The van der Waals surface area contributed by atoms with Crippen LogP contribution in [0.3, 0.4) is 0 Å².